The number of hydrogen-bond donors (Lipinski definition) is 0. The molecule has 0 aliphatic rings. The summed E-state index contributed by atoms with van der Waals surface area (Å²) >= 11 is 0. The minimum Gasteiger partial charge on any atom is -0.491 e. The van der Waals surface area contributed by atoms with Crippen LogP contribution in [0.5, 0.6) is 11.5 Å². The van der Waals surface area contributed by atoms with Crippen LogP contribution in [-0.4, -0.2) is 13.2 Å². The van der Waals surface area contributed by atoms with Gasteiger partial charge in [0.05, 0.1) is 13.2 Å². The van der Waals surface area contributed by atoms with Crippen LogP contribution in [0, 0.1) is 23.3 Å². The number of hydrogen-bond acceptors (Lipinski definition) is 2. The summed E-state index contributed by atoms with van der Waals surface area (Å²) in [7, 11) is 0. The van der Waals surface area contributed by atoms with Crippen LogP contribution >= 0.6 is 0 Å². The third kappa shape index (κ3) is 5.76. The van der Waals surface area contributed by atoms with Crippen LogP contribution in [0.1, 0.15) is 25.7 Å². The molecular weight excluding hydrogens is 324 g/mol. The molecule has 0 heterocycles. The molecule has 0 aromatic heterocycles. The molecule has 0 atom stereocenters. The summed E-state index contributed by atoms with van der Waals surface area (Å²) in [4.78, 5) is 0. The first-order chi connectivity index (χ1) is 11.6. The van der Waals surface area contributed by atoms with Crippen molar-refractivity contribution in [3.8, 4) is 11.5 Å². The highest BCUT2D eigenvalue weighted by atomic mass is 19.1. The predicted octanol–water partition coefficient (Wildman–Crippen LogP) is 5.26. The van der Waals surface area contributed by atoms with Gasteiger partial charge in [-0.15, -0.1) is 0 Å². The van der Waals surface area contributed by atoms with Gasteiger partial charge in [-0.1, -0.05) is 0 Å². The molecule has 130 valence electrons. The van der Waals surface area contributed by atoms with E-state index in [0.29, 0.717) is 26.1 Å². The van der Waals surface area contributed by atoms with Crippen LogP contribution in [0.15, 0.2) is 36.4 Å². The third-order valence-electron chi connectivity index (χ3n) is 3.34. The standard InChI is InChI=1S/C18H18F4O2/c19-13-5-7-17(15(21)11-13)23-9-3-1-2-4-10-24-18-8-6-14(20)12-16(18)22/h5-8,11-12H,1-4,9-10H2. The Balaban J connectivity index is 1.55. The second-order valence-electron chi connectivity index (χ2n) is 5.26. The summed E-state index contributed by atoms with van der Waals surface area (Å²) < 4.78 is 62.5. The van der Waals surface area contributed by atoms with Gasteiger partial charge in [0.15, 0.2) is 23.1 Å². The zero-order valence-corrected chi connectivity index (χ0v) is 13.0. The Kier molecular flexibility index (Phi) is 6.90. The maximum absolute atomic E-state index is 13.3. The van der Waals surface area contributed by atoms with Gasteiger partial charge in [-0.3, -0.25) is 0 Å². The smallest absolute Gasteiger partial charge is 0.167 e. The van der Waals surface area contributed by atoms with Crippen molar-refractivity contribution in [1.82, 2.24) is 0 Å². The van der Waals surface area contributed by atoms with Crippen LogP contribution in [0.3, 0.4) is 0 Å². The van der Waals surface area contributed by atoms with Crippen molar-refractivity contribution >= 4 is 0 Å². The van der Waals surface area contributed by atoms with Gasteiger partial charge in [0, 0.05) is 12.1 Å². The molecule has 2 aromatic carbocycles. The first-order valence-corrected chi connectivity index (χ1v) is 7.72. The molecule has 0 amide bonds. The Morgan fingerprint density at radius 1 is 0.583 bits per heavy atom. The Hall–Kier alpha value is -2.24. The van der Waals surface area contributed by atoms with E-state index in [9.17, 15) is 17.6 Å². The Morgan fingerprint density at radius 2 is 1.00 bits per heavy atom. The Bertz CT molecular complexity index is 604. The predicted molar refractivity (Wildman–Crippen MR) is 82.2 cm³/mol. The van der Waals surface area contributed by atoms with Gasteiger partial charge < -0.3 is 9.47 Å². The molecule has 0 aliphatic heterocycles. The van der Waals surface area contributed by atoms with Crippen molar-refractivity contribution in [2.24, 2.45) is 0 Å². The fourth-order valence-electron chi connectivity index (χ4n) is 2.11. The third-order valence-corrected chi connectivity index (χ3v) is 3.34. The molecular formula is C18H18F4O2. The van der Waals surface area contributed by atoms with E-state index < -0.39 is 23.3 Å². The zero-order valence-electron chi connectivity index (χ0n) is 13.0. The maximum atomic E-state index is 13.3. The molecule has 24 heavy (non-hydrogen) atoms. The molecule has 0 saturated carbocycles. The molecule has 0 spiro atoms. The molecule has 0 fully saturated rings. The number of benzene rings is 2. The van der Waals surface area contributed by atoms with Gasteiger partial charge in [0.2, 0.25) is 0 Å². The van der Waals surface area contributed by atoms with E-state index in [1.54, 1.807) is 0 Å². The van der Waals surface area contributed by atoms with Gasteiger partial charge >= 0.3 is 0 Å². The van der Waals surface area contributed by atoms with Gasteiger partial charge in [0.1, 0.15) is 11.6 Å². The Morgan fingerprint density at radius 3 is 1.38 bits per heavy atom. The number of rotatable bonds is 9. The van der Waals surface area contributed by atoms with Crippen molar-refractivity contribution < 1.29 is 27.0 Å². The van der Waals surface area contributed by atoms with E-state index in [4.69, 9.17) is 9.47 Å². The van der Waals surface area contributed by atoms with Crippen molar-refractivity contribution in [1.29, 1.82) is 0 Å². The first-order valence-electron chi connectivity index (χ1n) is 7.72. The van der Waals surface area contributed by atoms with E-state index in [0.717, 1.165) is 37.1 Å². The monoisotopic (exact) mass is 342 g/mol. The fourth-order valence-corrected chi connectivity index (χ4v) is 2.11. The van der Waals surface area contributed by atoms with Gasteiger partial charge in [-0.25, -0.2) is 17.6 Å². The summed E-state index contributed by atoms with van der Waals surface area (Å²) in [6.07, 6.45) is 3.08. The van der Waals surface area contributed by atoms with E-state index in [1.165, 1.54) is 12.1 Å². The van der Waals surface area contributed by atoms with Crippen LogP contribution in [0.25, 0.3) is 0 Å². The molecule has 0 N–H and O–H groups in total. The van der Waals surface area contributed by atoms with E-state index in [1.807, 2.05) is 0 Å². The van der Waals surface area contributed by atoms with E-state index in [2.05, 4.69) is 0 Å². The summed E-state index contributed by atoms with van der Waals surface area (Å²) in [6, 6.07) is 6.36. The lowest BCUT2D eigenvalue weighted by atomic mass is 10.2. The van der Waals surface area contributed by atoms with E-state index >= 15 is 0 Å². The Labute approximate surface area is 138 Å². The van der Waals surface area contributed by atoms with Gasteiger partial charge in [-0.2, -0.15) is 0 Å². The number of halogens is 4. The molecule has 0 saturated heterocycles. The lowest BCUT2D eigenvalue weighted by Crippen LogP contribution is -2.02. The largest absolute Gasteiger partial charge is 0.491 e. The van der Waals surface area contributed by atoms with Gasteiger partial charge in [0.25, 0.3) is 0 Å². The van der Waals surface area contributed by atoms with Gasteiger partial charge in [-0.05, 0) is 49.9 Å². The minimum atomic E-state index is -0.718. The lowest BCUT2D eigenvalue weighted by Gasteiger charge is -2.08. The van der Waals surface area contributed by atoms with Crippen molar-refractivity contribution in [3.05, 3.63) is 59.7 Å². The second kappa shape index (κ2) is 9.15. The molecule has 2 rings (SSSR count). The van der Waals surface area contributed by atoms with Crippen LogP contribution in [0.4, 0.5) is 17.6 Å². The van der Waals surface area contributed by atoms with E-state index in [-0.39, 0.29) is 11.5 Å². The normalized spacial score (nSPS) is 10.7. The highest BCUT2D eigenvalue weighted by molar-refractivity contribution is 5.25. The summed E-state index contributed by atoms with van der Waals surface area (Å²) in [5.74, 6) is -2.65. The molecule has 0 radical (unpaired) electrons. The number of ether oxygens (including phenoxy) is 2. The van der Waals surface area contributed by atoms with Crippen molar-refractivity contribution in [2.75, 3.05) is 13.2 Å². The van der Waals surface area contributed by atoms with Crippen LogP contribution in [-0.2, 0) is 0 Å². The second-order valence-corrected chi connectivity index (χ2v) is 5.26. The minimum absolute atomic E-state index is 0.0338. The molecule has 2 aromatic rings. The van der Waals surface area contributed by atoms with Crippen molar-refractivity contribution in [3.63, 3.8) is 0 Å². The van der Waals surface area contributed by atoms with Crippen LogP contribution in [0.2, 0.25) is 0 Å². The fraction of sp³-hybridized carbons (Fsp3) is 0.333. The highest BCUT2D eigenvalue weighted by Gasteiger charge is 2.05. The summed E-state index contributed by atoms with van der Waals surface area (Å²) in [6.45, 7) is 0.659. The molecule has 0 unspecified atom stereocenters. The average Bonchev–Trinajstić information content (AvgIpc) is 2.53. The SMILES string of the molecule is Fc1ccc(OCCCCCCOc2ccc(F)cc2F)c(F)c1. The van der Waals surface area contributed by atoms with Crippen LogP contribution < -0.4 is 9.47 Å². The highest BCUT2D eigenvalue weighted by Crippen LogP contribution is 2.19. The van der Waals surface area contributed by atoms with Crippen molar-refractivity contribution in [2.45, 2.75) is 25.7 Å². The number of unbranched alkanes of at least 4 members (excludes halogenated alkanes) is 3. The molecule has 6 heteroatoms. The average molecular weight is 342 g/mol. The topological polar surface area (TPSA) is 18.5 Å². The zero-order chi connectivity index (χ0) is 17.4. The molecule has 0 aliphatic carbocycles. The summed E-state index contributed by atoms with van der Waals surface area (Å²) in [5, 5.41) is 0. The summed E-state index contributed by atoms with van der Waals surface area (Å²) in [5.41, 5.74) is 0. The molecule has 0 bridgehead atoms. The lowest BCUT2D eigenvalue weighted by molar-refractivity contribution is 0.274. The maximum Gasteiger partial charge on any atom is 0.167 e. The first kappa shape index (κ1) is 18.1. The quantitative estimate of drug-likeness (QED) is 0.457. The molecule has 2 nitrogen and oxygen atoms in total.